The number of primary amides is 1. The quantitative estimate of drug-likeness (QED) is 0.665. The second kappa shape index (κ2) is 7.15. The molecule has 3 amide bonds. The van der Waals surface area contributed by atoms with Gasteiger partial charge >= 0.3 is 0 Å². The number of nitrogens with two attached hydrogens (primary N) is 1. The van der Waals surface area contributed by atoms with Gasteiger partial charge in [-0.3, -0.25) is 14.4 Å². The van der Waals surface area contributed by atoms with Crippen LogP contribution in [0.1, 0.15) is 24.9 Å². The zero-order valence-corrected chi connectivity index (χ0v) is 10.7. The smallest absolute Gasteiger partial charge is 0.236 e. The average Bonchev–Trinajstić information content (AvgIpc) is 2.36. The standard InChI is InChI=1S/C13H17N3O3/c1-9(17)16-11(10-5-3-2-4-6-10)7-13(19)15-8-12(14)18/h2-6,11H,7-8H2,1H3,(H2,14,18)(H,15,19)(H,16,17)/t11-/m0/s1. The zero-order chi connectivity index (χ0) is 14.3. The van der Waals surface area contributed by atoms with Crippen LogP contribution in [0.5, 0.6) is 0 Å². The molecular formula is C13H17N3O3. The van der Waals surface area contributed by atoms with E-state index in [2.05, 4.69) is 10.6 Å². The fourth-order valence-corrected chi connectivity index (χ4v) is 1.63. The second-order valence-electron chi connectivity index (χ2n) is 4.11. The normalized spacial score (nSPS) is 11.4. The Morgan fingerprint density at radius 3 is 2.37 bits per heavy atom. The molecule has 6 heteroatoms. The SMILES string of the molecule is CC(=O)N[C@@H](CC(=O)NCC(N)=O)c1ccccc1. The highest BCUT2D eigenvalue weighted by molar-refractivity contribution is 5.84. The maximum atomic E-state index is 11.6. The number of carbonyl (C=O) groups excluding carboxylic acids is 3. The minimum Gasteiger partial charge on any atom is -0.368 e. The van der Waals surface area contributed by atoms with Crippen LogP contribution in [-0.2, 0) is 14.4 Å². The number of rotatable bonds is 6. The summed E-state index contributed by atoms with van der Waals surface area (Å²) in [5.74, 6) is -1.18. The molecule has 0 spiro atoms. The molecule has 0 saturated heterocycles. The molecule has 19 heavy (non-hydrogen) atoms. The summed E-state index contributed by atoms with van der Waals surface area (Å²) in [6, 6.07) is 8.72. The molecule has 0 saturated carbocycles. The third-order valence-electron chi connectivity index (χ3n) is 2.43. The van der Waals surface area contributed by atoms with Crippen molar-refractivity contribution >= 4 is 17.7 Å². The molecule has 1 aromatic rings. The Morgan fingerprint density at radius 1 is 1.21 bits per heavy atom. The molecule has 0 unspecified atom stereocenters. The van der Waals surface area contributed by atoms with Gasteiger partial charge in [0.05, 0.1) is 19.0 Å². The van der Waals surface area contributed by atoms with E-state index in [0.717, 1.165) is 5.56 Å². The Kier molecular flexibility index (Phi) is 5.53. The summed E-state index contributed by atoms with van der Waals surface area (Å²) in [6.07, 6.45) is 0.0525. The molecule has 1 aromatic carbocycles. The van der Waals surface area contributed by atoms with E-state index in [-0.39, 0.29) is 24.8 Å². The van der Waals surface area contributed by atoms with Gasteiger partial charge in [0, 0.05) is 6.92 Å². The Hall–Kier alpha value is -2.37. The van der Waals surface area contributed by atoms with E-state index in [4.69, 9.17) is 5.73 Å². The van der Waals surface area contributed by atoms with E-state index in [0.29, 0.717) is 0 Å². The summed E-state index contributed by atoms with van der Waals surface area (Å²) >= 11 is 0. The molecule has 0 aliphatic heterocycles. The van der Waals surface area contributed by atoms with Crippen molar-refractivity contribution in [2.45, 2.75) is 19.4 Å². The number of nitrogens with one attached hydrogen (secondary N) is 2. The summed E-state index contributed by atoms with van der Waals surface area (Å²) in [5, 5.41) is 5.09. The van der Waals surface area contributed by atoms with E-state index in [1.54, 1.807) is 0 Å². The summed E-state index contributed by atoms with van der Waals surface area (Å²) < 4.78 is 0. The third-order valence-corrected chi connectivity index (χ3v) is 2.43. The van der Waals surface area contributed by atoms with Crippen LogP contribution in [0.4, 0.5) is 0 Å². The minimum atomic E-state index is -0.607. The van der Waals surface area contributed by atoms with Crippen molar-refractivity contribution in [2.75, 3.05) is 6.54 Å². The van der Waals surface area contributed by atoms with Gasteiger partial charge in [-0.05, 0) is 5.56 Å². The monoisotopic (exact) mass is 263 g/mol. The number of benzene rings is 1. The van der Waals surface area contributed by atoms with Crippen LogP contribution in [0.3, 0.4) is 0 Å². The third kappa shape index (κ3) is 5.67. The molecule has 0 bridgehead atoms. The van der Waals surface area contributed by atoms with Gasteiger partial charge in [-0.15, -0.1) is 0 Å². The first-order valence-corrected chi connectivity index (χ1v) is 5.86. The van der Waals surface area contributed by atoms with Crippen LogP contribution < -0.4 is 16.4 Å². The van der Waals surface area contributed by atoms with Crippen LogP contribution >= 0.6 is 0 Å². The lowest BCUT2D eigenvalue weighted by atomic mass is 10.0. The van der Waals surface area contributed by atoms with Crippen molar-refractivity contribution in [3.63, 3.8) is 0 Å². The van der Waals surface area contributed by atoms with Gasteiger partial charge in [0.15, 0.2) is 0 Å². The van der Waals surface area contributed by atoms with Crippen molar-refractivity contribution in [3.05, 3.63) is 35.9 Å². The summed E-state index contributed by atoms with van der Waals surface area (Å²) in [6.45, 7) is 1.18. The molecule has 1 atom stereocenters. The van der Waals surface area contributed by atoms with Crippen LogP contribution in [0.15, 0.2) is 30.3 Å². The van der Waals surface area contributed by atoms with Crippen molar-refractivity contribution in [1.82, 2.24) is 10.6 Å². The number of amides is 3. The molecule has 0 heterocycles. The molecule has 0 aromatic heterocycles. The number of hydrogen-bond acceptors (Lipinski definition) is 3. The molecule has 102 valence electrons. The summed E-state index contributed by atoms with van der Waals surface area (Å²) in [7, 11) is 0. The highest BCUT2D eigenvalue weighted by Gasteiger charge is 2.16. The van der Waals surface area contributed by atoms with Gasteiger partial charge in [-0.25, -0.2) is 0 Å². The summed E-state index contributed by atoms with van der Waals surface area (Å²) in [5.41, 5.74) is 5.77. The lowest BCUT2D eigenvalue weighted by Crippen LogP contribution is -2.36. The predicted molar refractivity (Wildman–Crippen MR) is 69.8 cm³/mol. The second-order valence-corrected chi connectivity index (χ2v) is 4.11. The van der Waals surface area contributed by atoms with Crippen molar-refractivity contribution in [2.24, 2.45) is 5.73 Å². The van der Waals surface area contributed by atoms with Crippen molar-refractivity contribution in [3.8, 4) is 0 Å². The van der Waals surface area contributed by atoms with E-state index in [9.17, 15) is 14.4 Å². The van der Waals surface area contributed by atoms with Gasteiger partial charge in [-0.1, -0.05) is 30.3 Å². The molecule has 0 aliphatic rings. The van der Waals surface area contributed by atoms with E-state index in [1.807, 2.05) is 30.3 Å². The topological polar surface area (TPSA) is 101 Å². The molecule has 0 fully saturated rings. The fraction of sp³-hybridized carbons (Fsp3) is 0.308. The Bertz CT molecular complexity index is 459. The largest absolute Gasteiger partial charge is 0.368 e. The maximum absolute atomic E-state index is 11.6. The molecule has 0 radical (unpaired) electrons. The molecule has 1 rings (SSSR count). The first kappa shape index (κ1) is 14.7. The van der Waals surface area contributed by atoms with Crippen LogP contribution in [0, 0.1) is 0 Å². The number of carbonyl (C=O) groups is 3. The Balaban J connectivity index is 2.67. The van der Waals surface area contributed by atoms with Crippen molar-refractivity contribution < 1.29 is 14.4 Å². The molecule has 4 N–H and O–H groups in total. The van der Waals surface area contributed by atoms with Gasteiger partial charge in [0.2, 0.25) is 17.7 Å². The van der Waals surface area contributed by atoms with E-state index >= 15 is 0 Å². The Labute approximate surface area is 111 Å². The molecule has 0 aliphatic carbocycles. The highest BCUT2D eigenvalue weighted by Crippen LogP contribution is 2.16. The lowest BCUT2D eigenvalue weighted by Gasteiger charge is -2.17. The van der Waals surface area contributed by atoms with Crippen LogP contribution in [0.25, 0.3) is 0 Å². The van der Waals surface area contributed by atoms with Crippen molar-refractivity contribution in [1.29, 1.82) is 0 Å². The van der Waals surface area contributed by atoms with E-state index < -0.39 is 11.9 Å². The Morgan fingerprint density at radius 2 is 1.84 bits per heavy atom. The zero-order valence-electron chi connectivity index (χ0n) is 10.7. The summed E-state index contributed by atoms with van der Waals surface area (Å²) in [4.78, 5) is 33.4. The highest BCUT2D eigenvalue weighted by atomic mass is 16.2. The molecule has 6 nitrogen and oxygen atoms in total. The fourth-order valence-electron chi connectivity index (χ4n) is 1.63. The lowest BCUT2D eigenvalue weighted by molar-refractivity contribution is -0.125. The average molecular weight is 263 g/mol. The van der Waals surface area contributed by atoms with E-state index in [1.165, 1.54) is 6.92 Å². The predicted octanol–water partition coefficient (Wildman–Crippen LogP) is -0.145. The van der Waals surface area contributed by atoms with Crippen LogP contribution in [0.2, 0.25) is 0 Å². The van der Waals surface area contributed by atoms with Gasteiger partial charge in [-0.2, -0.15) is 0 Å². The molecular weight excluding hydrogens is 246 g/mol. The van der Waals surface area contributed by atoms with Crippen LogP contribution in [-0.4, -0.2) is 24.3 Å². The van der Waals surface area contributed by atoms with Gasteiger partial charge < -0.3 is 16.4 Å². The minimum absolute atomic E-state index is 0.0525. The van der Waals surface area contributed by atoms with Gasteiger partial charge in [0.1, 0.15) is 0 Å². The number of hydrogen-bond donors (Lipinski definition) is 3. The van der Waals surface area contributed by atoms with Gasteiger partial charge in [0.25, 0.3) is 0 Å². The first-order chi connectivity index (χ1) is 8.99. The first-order valence-electron chi connectivity index (χ1n) is 5.86. The maximum Gasteiger partial charge on any atom is 0.236 e.